The van der Waals surface area contributed by atoms with Crippen molar-refractivity contribution in [1.29, 1.82) is 0 Å². The Hall–Kier alpha value is -7.50. The highest BCUT2D eigenvalue weighted by atomic mass is 16.5. The van der Waals surface area contributed by atoms with Crippen LogP contribution >= 0.6 is 0 Å². The van der Waals surface area contributed by atoms with E-state index in [4.69, 9.17) is 38.8 Å². The maximum absolute atomic E-state index is 9.44. The van der Waals surface area contributed by atoms with Crippen molar-refractivity contribution in [3.8, 4) is 46.3 Å². The molecule has 4 aromatic carbocycles. The number of carbonyl (C=O) groups is 1. The summed E-state index contributed by atoms with van der Waals surface area (Å²) in [6, 6.07) is 26.4. The minimum atomic E-state index is 0.167. The molecule has 17 heteroatoms. The van der Waals surface area contributed by atoms with E-state index in [-0.39, 0.29) is 5.78 Å². The van der Waals surface area contributed by atoms with Gasteiger partial charge in [0.1, 0.15) is 23.0 Å². The van der Waals surface area contributed by atoms with Crippen LogP contribution < -0.4 is 45.0 Å². The molecule has 6 aromatic rings. The topological polar surface area (TPSA) is 227 Å². The SMILES string of the molecule is CC(C)=NO.CC(C)=O.COc1cc(Nc2cncc(Oc3ccccc3)n2)cc(C)c1C.COc1cc(Nc2cncc(Oc3ccccc3)n2)cc(OC)c1OC.NO. The van der Waals surface area contributed by atoms with Gasteiger partial charge in [-0.05, 0) is 83.0 Å². The summed E-state index contributed by atoms with van der Waals surface area (Å²) in [5.74, 6) is 9.45. The predicted molar refractivity (Wildman–Crippen MR) is 235 cm³/mol. The van der Waals surface area contributed by atoms with Crippen LogP contribution in [0, 0.1) is 13.8 Å². The van der Waals surface area contributed by atoms with Crippen LogP contribution in [0.4, 0.5) is 23.0 Å². The molecule has 2 aromatic heterocycles. The highest BCUT2D eigenvalue weighted by molar-refractivity contribution is 5.78. The van der Waals surface area contributed by atoms with Gasteiger partial charge in [-0.2, -0.15) is 9.97 Å². The van der Waals surface area contributed by atoms with Gasteiger partial charge in [0.15, 0.2) is 23.1 Å². The van der Waals surface area contributed by atoms with Gasteiger partial charge in [-0.25, -0.2) is 5.90 Å². The summed E-state index contributed by atoms with van der Waals surface area (Å²) >= 11 is 0. The molecule has 0 saturated carbocycles. The summed E-state index contributed by atoms with van der Waals surface area (Å²) in [4.78, 5) is 26.6. The number of ether oxygens (including phenoxy) is 6. The van der Waals surface area contributed by atoms with Crippen molar-refractivity contribution < 1.29 is 43.6 Å². The van der Waals surface area contributed by atoms with Crippen molar-refractivity contribution in [2.24, 2.45) is 11.1 Å². The van der Waals surface area contributed by atoms with Crippen LogP contribution in [-0.4, -0.2) is 70.3 Å². The molecule has 0 aliphatic carbocycles. The highest BCUT2D eigenvalue weighted by Crippen LogP contribution is 2.40. The van der Waals surface area contributed by atoms with Gasteiger partial charge in [-0.3, -0.25) is 9.97 Å². The second kappa shape index (κ2) is 27.2. The Balaban J connectivity index is 0.000000340. The van der Waals surface area contributed by atoms with E-state index in [1.807, 2.05) is 86.6 Å². The van der Waals surface area contributed by atoms with E-state index in [0.717, 1.165) is 28.3 Å². The molecule has 0 aliphatic rings. The van der Waals surface area contributed by atoms with Gasteiger partial charge in [0.05, 0.1) is 58.9 Å². The number of rotatable bonds is 12. The molecule has 0 bridgehead atoms. The van der Waals surface area contributed by atoms with Crippen LogP contribution in [0.25, 0.3) is 0 Å². The van der Waals surface area contributed by atoms with Crippen LogP contribution in [0.2, 0.25) is 0 Å². The van der Waals surface area contributed by atoms with Gasteiger partial charge in [-0.1, -0.05) is 41.6 Å². The number of carbonyl (C=O) groups excluding carboxylic acids is 1. The fraction of sp³-hybridized carbons (Fsp3) is 0.227. The third-order valence-electron chi connectivity index (χ3n) is 7.41. The maximum atomic E-state index is 9.44. The molecule has 17 nitrogen and oxygen atoms in total. The van der Waals surface area contributed by atoms with Crippen LogP contribution in [0.5, 0.6) is 46.3 Å². The third kappa shape index (κ3) is 17.9. The summed E-state index contributed by atoms with van der Waals surface area (Å²) in [5, 5.41) is 23.4. The zero-order chi connectivity index (χ0) is 45.2. The van der Waals surface area contributed by atoms with E-state index in [0.29, 0.717) is 57.8 Å². The molecule has 0 atom stereocenters. The van der Waals surface area contributed by atoms with Gasteiger partial charge < -0.3 is 54.3 Å². The van der Waals surface area contributed by atoms with Crippen LogP contribution in [0.3, 0.4) is 0 Å². The summed E-state index contributed by atoms with van der Waals surface area (Å²) in [7, 11) is 6.35. The molecule has 6 rings (SSSR count). The molecular weight excluding hydrogens is 785 g/mol. The molecule has 0 spiro atoms. The number of nitrogens with two attached hydrogens (primary N) is 1. The molecule has 0 saturated heterocycles. The number of ketones is 1. The standard InChI is InChI=1S/C19H19N3O4.C19H19N3O2.C3H7NO.C3H6O.H3NO/c1-23-15-9-13(10-16(24-2)19(15)25-3)21-17-11-20-12-18(22-17)26-14-7-5-4-6-8-14;1-13-9-15(10-17(23-3)14(13)2)21-18-11-20-12-19(22-18)24-16-7-5-4-6-8-16;1-3(2)4-5;1-3(2)4;1-2/h4-12H,1-3H3,(H,21,22);4-12H,1-3H3,(H,21,22);5H,1-2H3;1-2H3;2H,1H2. The number of aromatic nitrogens is 4. The van der Waals surface area contributed by atoms with Crippen molar-refractivity contribution in [1.82, 2.24) is 19.9 Å². The number of aryl methyl sites for hydroxylation is 1. The van der Waals surface area contributed by atoms with E-state index in [1.54, 1.807) is 79.2 Å². The van der Waals surface area contributed by atoms with Crippen molar-refractivity contribution >= 4 is 34.5 Å². The van der Waals surface area contributed by atoms with Gasteiger partial charge in [0.2, 0.25) is 17.5 Å². The molecule has 6 N–H and O–H groups in total. The predicted octanol–water partition coefficient (Wildman–Crippen LogP) is 9.46. The molecule has 0 radical (unpaired) electrons. The van der Waals surface area contributed by atoms with Crippen molar-refractivity contribution in [2.45, 2.75) is 41.5 Å². The van der Waals surface area contributed by atoms with Crippen LogP contribution in [-0.2, 0) is 4.79 Å². The van der Waals surface area contributed by atoms with E-state index in [9.17, 15) is 4.79 Å². The molecule has 61 heavy (non-hydrogen) atoms. The van der Waals surface area contributed by atoms with E-state index in [1.165, 1.54) is 13.8 Å². The molecule has 0 amide bonds. The Morgan fingerprint density at radius 1 is 0.607 bits per heavy atom. The van der Waals surface area contributed by atoms with Gasteiger partial charge in [0.25, 0.3) is 0 Å². The summed E-state index contributed by atoms with van der Waals surface area (Å²) < 4.78 is 32.8. The van der Waals surface area contributed by atoms with Crippen LogP contribution in [0.15, 0.2) is 115 Å². The average Bonchev–Trinajstić information content (AvgIpc) is 3.26. The third-order valence-corrected chi connectivity index (χ3v) is 7.41. The molecular formula is C44H54N8O9. The monoisotopic (exact) mass is 838 g/mol. The zero-order valence-electron chi connectivity index (χ0n) is 36.0. The largest absolute Gasteiger partial charge is 0.496 e. The quantitative estimate of drug-likeness (QED) is 0.0439. The van der Waals surface area contributed by atoms with Crippen molar-refractivity contribution in [3.05, 3.63) is 121 Å². The van der Waals surface area contributed by atoms with E-state index < -0.39 is 0 Å². The number of benzene rings is 4. The zero-order valence-corrected chi connectivity index (χ0v) is 36.0. The number of nitrogens with one attached hydrogen (secondary N) is 2. The Bertz CT molecular complexity index is 2210. The van der Waals surface area contributed by atoms with Crippen LogP contribution in [0.1, 0.15) is 38.8 Å². The molecule has 0 aliphatic heterocycles. The van der Waals surface area contributed by atoms with Gasteiger partial charge >= 0.3 is 0 Å². The number of hydrogen-bond donors (Lipinski definition) is 5. The number of methoxy groups -OCH3 is 4. The first-order valence-electron chi connectivity index (χ1n) is 18.4. The second-order valence-corrected chi connectivity index (χ2v) is 12.6. The minimum absolute atomic E-state index is 0.167. The summed E-state index contributed by atoms with van der Waals surface area (Å²) in [5.41, 5.74) is 4.55. The lowest BCUT2D eigenvalue weighted by molar-refractivity contribution is -0.115. The molecule has 0 unspecified atom stereocenters. The van der Waals surface area contributed by atoms with E-state index >= 15 is 0 Å². The maximum Gasteiger partial charge on any atom is 0.239 e. The number of nitrogens with zero attached hydrogens (tertiary/aromatic N) is 5. The van der Waals surface area contributed by atoms with Gasteiger partial charge in [-0.15, -0.1) is 0 Å². The normalized spacial score (nSPS) is 9.44. The van der Waals surface area contributed by atoms with Gasteiger partial charge in [0, 0.05) is 29.6 Å². The number of para-hydroxylation sites is 2. The number of Topliss-reactive ketones (excluding diaryl/α,β-unsaturated/α-hetero) is 1. The first kappa shape index (κ1) is 49.6. The number of hydrogen-bond acceptors (Lipinski definition) is 17. The number of oxime groups is 1. The van der Waals surface area contributed by atoms with Crippen molar-refractivity contribution in [3.63, 3.8) is 0 Å². The molecule has 2 heterocycles. The molecule has 0 fully saturated rings. The fourth-order valence-corrected chi connectivity index (χ4v) is 4.69. The second-order valence-electron chi connectivity index (χ2n) is 12.6. The summed E-state index contributed by atoms with van der Waals surface area (Å²) in [6.07, 6.45) is 6.38. The Morgan fingerprint density at radius 2 is 0.984 bits per heavy atom. The van der Waals surface area contributed by atoms with Crippen molar-refractivity contribution in [2.75, 3.05) is 39.1 Å². The highest BCUT2D eigenvalue weighted by Gasteiger charge is 2.14. The Morgan fingerprint density at radius 3 is 1.34 bits per heavy atom. The minimum Gasteiger partial charge on any atom is -0.496 e. The van der Waals surface area contributed by atoms with E-state index in [2.05, 4.69) is 41.6 Å². The first-order chi connectivity index (χ1) is 29.4. The first-order valence-corrected chi connectivity index (χ1v) is 18.4. The Labute approximate surface area is 356 Å². The lowest BCUT2D eigenvalue weighted by Crippen LogP contribution is -2.00. The fourth-order valence-electron chi connectivity index (χ4n) is 4.69. The lowest BCUT2D eigenvalue weighted by Gasteiger charge is -2.15. The summed E-state index contributed by atoms with van der Waals surface area (Å²) in [6.45, 7) is 10.6. The Kier molecular flexibility index (Phi) is 22.2. The average molecular weight is 839 g/mol. The number of anilines is 4. The lowest BCUT2D eigenvalue weighted by atomic mass is 10.1. The molecule has 324 valence electrons. The smallest absolute Gasteiger partial charge is 0.239 e.